The van der Waals surface area contributed by atoms with Crippen LogP contribution in [0, 0.1) is 6.92 Å². The van der Waals surface area contributed by atoms with E-state index in [9.17, 15) is 0 Å². The van der Waals surface area contributed by atoms with Crippen molar-refractivity contribution in [2.45, 2.75) is 26.4 Å². The van der Waals surface area contributed by atoms with Crippen molar-refractivity contribution >= 4 is 0 Å². The van der Waals surface area contributed by atoms with Crippen molar-refractivity contribution in [3.63, 3.8) is 0 Å². The molecule has 0 spiro atoms. The number of aryl methyl sites for hydroxylation is 1. The predicted molar refractivity (Wildman–Crippen MR) is 60.7 cm³/mol. The van der Waals surface area contributed by atoms with Crippen LogP contribution in [0.3, 0.4) is 0 Å². The molecule has 2 heterocycles. The van der Waals surface area contributed by atoms with Gasteiger partial charge in [-0.25, -0.2) is 9.97 Å². The van der Waals surface area contributed by atoms with Crippen LogP contribution in [0.2, 0.25) is 0 Å². The fourth-order valence-corrected chi connectivity index (χ4v) is 1.50. The lowest BCUT2D eigenvalue weighted by Gasteiger charge is -2.10. The molecule has 0 aromatic carbocycles. The molecule has 0 radical (unpaired) electrons. The van der Waals surface area contributed by atoms with Gasteiger partial charge >= 0.3 is 0 Å². The number of nitrogens with zero attached hydrogens (tertiary/aromatic N) is 2. The van der Waals surface area contributed by atoms with Gasteiger partial charge in [-0.15, -0.1) is 0 Å². The zero-order valence-electron chi connectivity index (χ0n) is 9.47. The van der Waals surface area contributed by atoms with Crippen LogP contribution in [-0.4, -0.2) is 9.97 Å². The minimum Gasteiger partial charge on any atom is -0.468 e. The summed E-state index contributed by atoms with van der Waals surface area (Å²) in [5.41, 5.74) is 0.992. The first-order valence-electron chi connectivity index (χ1n) is 5.31. The summed E-state index contributed by atoms with van der Waals surface area (Å²) in [6.07, 6.45) is 3.46. The lowest BCUT2D eigenvalue weighted by molar-refractivity contribution is 0.428. The predicted octanol–water partition coefficient (Wildman–Crippen LogP) is 2.23. The van der Waals surface area contributed by atoms with Crippen molar-refractivity contribution in [1.82, 2.24) is 15.3 Å². The third-order valence-corrected chi connectivity index (χ3v) is 2.39. The van der Waals surface area contributed by atoms with Crippen molar-refractivity contribution in [1.29, 1.82) is 0 Å². The standard InChI is InChI=1S/C12H15N3O/c1-9(12-4-3-7-16-12)14-8-11-5-6-13-10(2)15-11/h3-7,9,14H,8H2,1-2H3/t9-/m1/s1. The number of rotatable bonds is 4. The second-order valence-electron chi connectivity index (χ2n) is 3.71. The highest BCUT2D eigenvalue weighted by molar-refractivity contribution is 5.05. The van der Waals surface area contributed by atoms with E-state index >= 15 is 0 Å². The van der Waals surface area contributed by atoms with Crippen LogP contribution in [0.1, 0.15) is 30.2 Å². The average Bonchev–Trinajstić information content (AvgIpc) is 2.79. The largest absolute Gasteiger partial charge is 0.468 e. The van der Waals surface area contributed by atoms with E-state index in [0.717, 1.165) is 17.3 Å². The van der Waals surface area contributed by atoms with Crippen LogP contribution in [0.5, 0.6) is 0 Å². The van der Waals surface area contributed by atoms with Gasteiger partial charge in [0.15, 0.2) is 0 Å². The molecule has 0 fully saturated rings. The van der Waals surface area contributed by atoms with Crippen molar-refractivity contribution < 1.29 is 4.42 Å². The summed E-state index contributed by atoms with van der Waals surface area (Å²) in [5, 5.41) is 3.34. The SMILES string of the molecule is Cc1nccc(CN[C@H](C)c2ccco2)n1. The molecule has 0 aliphatic carbocycles. The molecule has 0 amide bonds. The Bertz CT molecular complexity index is 439. The van der Waals surface area contributed by atoms with E-state index in [-0.39, 0.29) is 6.04 Å². The lowest BCUT2D eigenvalue weighted by Crippen LogP contribution is -2.18. The molecule has 0 saturated heterocycles. The number of hydrogen-bond donors (Lipinski definition) is 1. The van der Waals surface area contributed by atoms with Gasteiger partial charge < -0.3 is 9.73 Å². The fourth-order valence-electron chi connectivity index (χ4n) is 1.50. The number of aromatic nitrogens is 2. The van der Waals surface area contributed by atoms with Crippen LogP contribution >= 0.6 is 0 Å². The monoisotopic (exact) mass is 217 g/mol. The summed E-state index contributed by atoms with van der Waals surface area (Å²) in [5.74, 6) is 1.73. The van der Waals surface area contributed by atoms with Crippen LogP contribution in [0.25, 0.3) is 0 Å². The van der Waals surface area contributed by atoms with E-state index in [1.807, 2.05) is 25.1 Å². The molecule has 0 saturated carbocycles. The Balaban J connectivity index is 1.92. The minimum atomic E-state index is 0.185. The number of furan rings is 1. The van der Waals surface area contributed by atoms with E-state index in [1.54, 1.807) is 12.5 Å². The van der Waals surface area contributed by atoms with Gasteiger partial charge in [0.05, 0.1) is 18.0 Å². The average molecular weight is 217 g/mol. The maximum Gasteiger partial charge on any atom is 0.125 e. The van der Waals surface area contributed by atoms with Gasteiger partial charge in [0, 0.05) is 12.7 Å². The van der Waals surface area contributed by atoms with Crippen molar-refractivity contribution in [2.75, 3.05) is 0 Å². The van der Waals surface area contributed by atoms with E-state index < -0.39 is 0 Å². The van der Waals surface area contributed by atoms with Crippen LogP contribution in [-0.2, 0) is 6.54 Å². The van der Waals surface area contributed by atoms with Gasteiger partial charge in [0.1, 0.15) is 11.6 Å². The number of nitrogens with one attached hydrogen (secondary N) is 1. The molecule has 4 nitrogen and oxygen atoms in total. The van der Waals surface area contributed by atoms with E-state index in [1.165, 1.54) is 0 Å². The first-order chi connectivity index (χ1) is 7.75. The van der Waals surface area contributed by atoms with Crippen LogP contribution in [0.15, 0.2) is 35.1 Å². The van der Waals surface area contributed by atoms with E-state index in [2.05, 4.69) is 22.2 Å². The summed E-state index contributed by atoms with van der Waals surface area (Å²) >= 11 is 0. The molecule has 0 unspecified atom stereocenters. The third kappa shape index (κ3) is 2.67. The normalized spacial score (nSPS) is 12.6. The summed E-state index contributed by atoms with van der Waals surface area (Å²) in [4.78, 5) is 8.38. The summed E-state index contributed by atoms with van der Waals surface area (Å²) < 4.78 is 5.31. The van der Waals surface area contributed by atoms with Crippen molar-refractivity contribution in [2.24, 2.45) is 0 Å². The summed E-state index contributed by atoms with van der Waals surface area (Å²) in [7, 11) is 0. The van der Waals surface area contributed by atoms with Gasteiger partial charge in [-0.3, -0.25) is 0 Å². The molecule has 2 aromatic rings. The molecule has 84 valence electrons. The van der Waals surface area contributed by atoms with Crippen LogP contribution < -0.4 is 5.32 Å². The second-order valence-corrected chi connectivity index (χ2v) is 3.71. The maximum atomic E-state index is 5.31. The molecule has 1 N–H and O–H groups in total. The fraction of sp³-hybridized carbons (Fsp3) is 0.333. The molecule has 2 aromatic heterocycles. The molecular weight excluding hydrogens is 202 g/mol. The Morgan fingerprint density at radius 3 is 3.00 bits per heavy atom. The Morgan fingerprint density at radius 2 is 2.31 bits per heavy atom. The smallest absolute Gasteiger partial charge is 0.125 e. The quantitative estimate of drug-likeness (QED) is 0.853. The van der Waals surface area contributed by atoms with Gasteiger partial charge in [-0.05, 0) is 32.0 Å². The van der Waals surface area contributed by atoms with E-state index in [0.29, 0.717) is 6.54 Å². The second kappa shape index (κ2) is 4.90. The summed E-state index contributed by atoms with van der Waals surface area (Å²) in [6, 6.07) is 5.95. The Hall–Kier alpha value is -1.68. The Labute approximate surface area is 94.7 Å². The molecule has 0 aliphatic heterocycles. The highest BCUT2D eigenvalue weighted by Crippen LogP contribution is 2.12. The van der Waals surface area contributed by atoms with Crippen molar-refractivity contribution in [3.05, 3.63) is 47.9 Å². The van der Waals surface area contributed by atoms with Gasteiger partial charge in [0.2, 0.25) is 0 Å². The van der Waals surface area contributed by atoms with Gasteiger partial charge in [-0.2, -0.15) is 0 Å². The first-order valence-corrected chi connectivity index (χ1v) is 5.31. The molecule has 16 heavy (non-hydrogen) atoms. The molecular formula is C12H15N3O. The molecule has 0 bridgehead atoms. The zero-order chi connectivity index (χ0) is 11.4. The maximum absolute atomic E-state index is 5.31. The Kier molecular flexibility index (Phi) is 3.31. The van der Waals surface area contributed by atoms with E-state index in [4.69, 9.17) is 4.42 Å². The highest BCUT2D eigenvalue weighted by Gasteiger charge is 2.07. The van der Waals surface area contributed by atoms with Crippen molar-refractivity contribution in [3.8, 4) is 0 Å². The third-order valence-electron chi connectivity index (χ3n) is 2.39. The topological polar surface area (TPSA) is 51.0 Å². The molecule has 2 rings (SSSR count). The zero-order valence-corrected chi connectivity index (χ0v) is 9.47. The highest BCUT2D eigenvalue weighted by atomic mass is 16.3. The number of hydrogen-bond acceptors (Lipinski definition) is 4. The first kappa shape index (κ1) is 10.8. The Morgan fingerprint density at radius 1 is 1.44 bits per heavy atom. The lowest BCUT2D eigenvalue weighted by atomic mass is 10.2. The molecule has 4 heteroatoms. The molecule has 1 atom stereocenters. The van der Waals surface area contributed by atoms with Gasteiger partial charge in [-0.1, -0.05) is 0 Å². The van der Waals surface area contributed by atoms with Gasteiger partial charge in [0.25, 0.3) is 0 Å². The minimum absolute atomic E-state index is 0.185. The van der Waals surface area contributed by atoms with Crippen LogP contribution in [0.4, 0.5) is 0 Å². The molecule has 0 aliphatic rings. The summed E-state index contributed by atoms with van der Waals surface area (Å²) in [6.45, 7) is 4.66.